The van der Waals surface area contributed by atoms with Crippen LogP contribution >= 0.6 is 23.3 Å². The van der Waals surface area contributed by atoms with Crippen LogP contribution in [0.25, 0.3) is 0 Å². The van der Waals surface area contributed by atoms with Crippen LogP contribution in [-0.4, -0.2) is 12.0 Å². The lowest BCUT2D eigenvalue weighted by atomic mass is 10.3. The third kappa shape index (κ3) is 2.29. The second-order valence-corrected chi connectivity index (χ2v) is 5.37. The summed E-state index contributed by atoms with van der Waals surface area (Å²) in [6.07, 6.45) is 1.08. The molecule has 2 heterocycles. The molecule has 82 valence electrons. The Morgan fingerprint density at radius 2 is 2.27 bits per heavy atom. The van der Waals surface area contributed by atoms with Crippen molar-refractivity contribution in [3.05, 3.63) is 10.9 Å². The van der Waals surface area contributed by atoms with Gasteiger partial charge < -0.3 is 5.32 Å². The van der Waals surface area contributed by atoms with Crippen molar-refractivity contribution in [2.24, 2.45) is 4.99 Å². The molecule has 0 spiro atoms. The maximum atomic E-state index is 4.45. The van der Waals surface area contributed by atoms with Gasteiger partial charge in [0.15, 0.2) is 0 Å². The molecule has 0 atom stereocenters. The van der Waals surface area contributed by atoms with E-state index >= 15 is 0 Å². The molecule has 1 aromatic rings. The number of rotatable bonds is 2. The van der Waals surface area contributed by atoms with E-state index in [2.05, 4.69) is 41.2 Å². The maximum absolute atomic E-state index is 4.45. The summed E-state index contributed by atoms with van der Waals surface area (Å²) < 4.78 is 3.23. The van der Waals surface area contributed by atoms with Gasteiger partial charge in [0.2, 0.25) is 5.96 Å². The zero-order chi connectivity index (χ0) is 10.8. The highest BCUT2D eigenvalue weighted by molar-refractivity contribution is 7.98. The molecule has 0 saturated heterocycles. The highest BCUT2D eigenvalue weighted by atomic mass is 32.2. The number of guanidine groups is 1. The number of thiophene rings is 1. The third-order valence-corrected chi connectivity index (χ3v) is 4.11. The first-order valence-electron chi connectivity index (χ1n) is 5.08. The number of nitrogens with zero attached hydrogens (tertiary/aromatic N) is 1. The molecule has 3 nitrogen and oxygen atoms in total. The van der Waals surface area contributed by atoms with Gasteiger partial charge in [-0.05, 0) is 43.2 Å². The largest absolute Gasteiger partial charge is 0.316 e. The highest BCUT2D eigenvalue weighted by Gasteiger charge is 2.18. The van der Waals surface area contributed by atoms with Gasteiger partial charge in [0.05, 0.1) is 4.90 Å². The fraction of sp³-hybridized carbons (Fsp3) is 0.500. The van der Waals surface area contributed by atoms with Crippen molar-refractivity contribution in [2.75, 3.05) is 5.32 Å². The molecule has 1 aliphatic rings. The minimum atomic E-state index is 0.313. The molecule has 1 aliphatic heterocycles. The van der Waals surface area contributed by atoms with E-state index in [1.807, 2.05) is 0 Å². The normalized spacial score (nSPS) is 17.5. The van der Waals surface area contributed by atoms with Gasteiger partial charge in [0.1, 0.15) is 5.00 Å². The number of hydrogen-bond donors (Lipinski definition) is 2. The molecule has 0 aliphatic carbocycles. The SMILES string of the molecule is CCc1csc2c1SNC(=NC(C)C)N2. The van der Waals surface area contributed by atoms with Crippen LogP contribution < -0.4 is 10.0 Å². The average Bonchev–Trinajstić information content (AvgIpc) is 2.58. The van der Waals surface area contributed by atoms with E-state index in [1.54, 1.807) is 23.3 Å². The van der Waals surface area contributed by atoms with E-state index in [9.17, 15) is 0 Å². The van der Waals surface area contributed by atoms with Gasteiger partial charge in [-0.25, -0.2) is 4.99 Å². The number of fused-ring (bicyclic) bond motifs is 1. The van der Waals surface area contributed by atoms with Gasteiger partial charge in [0, 0.05) is 6.04 Å². The Balaban J connectivity index is 2.21. The first kappa shape index (κ1) is 10.8. The lowest BCUT2D eigenvalue weighted by Crippen LogP contribution is -2.29. The van der Waals surface area contributed by atoms with Gasteiger partial charge in [-0.1, -0.05) is 6.92 Å². The highest BCUT2D eigenvalue weighted by Crippen LogP contribution is 2.38. The quantitative estimate of drug-likeness (QED) is 0.781. The van der Waals surface area contributed by atoms with Gasteiger partial charge in [-0.2, -0.15) is 0 Å². The van der Waals surface area contributed by atoms with Crippen LogP contribution in [-0.2, 0) is 6.42 Å². The maximum Gasteiger partial charge on any atom is 0.207 e. The Morgan fingerprint density at radius 3 is 2.93 bits per heavy atom. The molecule has 0 amide bonds. The van der Waals surface area contributed by atoms with Crippen molar-refractivity contribution in [1.82, 2.24) is 4.72 Å². The zero-order valence-corrected chi connectivity index (χ0v) is 10.8. The van der Waals surface area contributed by atoms with Gasteiger partial charge >= 0.3 is 0 Å². The van der Waals surface area contributed by atoms with Crippen molar-refractivity contribution >= 4 is 34.2 Å². The molecule has 2 rings (SSSR count). The zero-order valence-electron chi connectivity index (χ0n) is 9.13. The standard InChI is InChI=1S/C10H15N3S2/c1-4-7-5-14-9-8(7)15-13-10(12-9)11-6(2)3/h5-6H,4H2,1-3H3,(H2,11,12,13). The first-order chi connectivity index (χ1) is 7.20. The minimum Gasteiger partial charge on any atom is -0.316 e. The van der Waals surface area contributed by atoms with Crippen molar-refractivity contribution < 1.29 is 0 Å². The minimum absolute atomic E-state index is 0.313. The predicted octanol–water partition coefficient (Wildman–Crippen LogP) is 3.10. The number of hydrogen-bond acceptors (Lipinski definition) is 3. The summed E-state index contributed by atoms with van der Waals surface area (Å²) in [5, 5.41) is 6.75. The van der Waals surface area contributed by atoms with E-state index in [0.29, 0.717) is 6.04 Å². The fourth-order valence-electron chi connectivity index (χ4n) is 1.37. The van der Waals surface area contributed by atoms with Crippen LogP contribution in [0.4, 0.5) is 5.00 Å². The van der Waals surface area contributed by atoms with E-state index in [4.69, 9.17) is 0 Å². The molecular weight excluding hydrogens is 226 g/mol. The molecule has 0 bridgehead atoms. The Kier molecular flexibility index (Phi) is 3.21. The summed E-state index contributed by atoms with van der Waals surface area (Å²) in [6, 6.07) is 0.313. The smallest absolute Gasteiger partial charge is 0.207 e. The van der Waals surface area contributed by atoms with E-state index < -0.39 is 0 Å². The topological polar surface area (TPSA) is 36.4 Å². The Labute approximate surface area is 98.5 Å². The van der Waals surface area contributed by atoms with Crippen molar-refractivity contribution in [2.45, 2.75) is 38.1 Å². The van der Waals surface area contributed by atoms with Gasteiger partial charge in [0.25, 0.3) is 0 Å². The van der Waals surface area contributed by atoms with Crippen molar-refractivity contribution in [1.29, 1.82) is 0 Å². The van der Waals surface area contributed by atoms with Gasteiger partial charge in [-0.15, -0.1) is 11.3 Å². The molecule has 15 heavy (non-hydrogen) atoms. The van der Waals surface area contributed by atoms with Crippen molar-refractivity contribution in [3.63, 3.8) is 0 Å². The van der Waals surface area contributed by atoms with E-state index in [-0.39, 0.29) is 0 Å². The molecule has 0 saturated carbocycles. The van der Waals surface area contributed by atoms with E-state index in [1.165, 1.54) is 15.5 Å². The van der Waals surface area contributed by atoms with Crippen LogP contribution in [0, 0.1) is 0 Å². The van der Waals surface area contributed by atoms with Crippen LogP contribution in [0.1, 0.15) is 26.3 Å². The summed E-state index contributed by atoms with van der Waals surface area (Å²) in [7, 11) is 0. The predicted molar refractivity (Wildman–Crippen MR) is 68.9 cm³/mol. The van der Waals surface area contributed by atoms with E-state index in [0.717, 1.165) is 12.4 Å². The lowest BCUT2D eigenvalue weighted by Gasteiger charge is -2.18. The summed E-state index contributed by atoms with van der Waals surface area (Å²) in [6.45, 7) is 6.32. The van der Waals surface area contributed by atoms with Crippen LogP contribution in [0.15, 0.2) is 15.3 Å². The summed E-state index contributed by atoms with van der Waals surface area (Å²) in [5.74, 6) is 0.868. The van der Waals surface area contributed by atoms with Crippen LogP contribution in [0.5, 0.6) is 0 Å². The molecule has 0 fully saturated rings. The Bertz CT molecular complexity index is 382. The average molecular weight is 241 g/mol. The molecule has 1 aromatic heterocycles. The summed E-state index contributed by atoms with van der Waals surface area (Å²) in [5.41, 5.74) is 1.41. The first-order valence-corrected chi connectivity index (χ1v) is 6.78. The molecular formula is C10H15N3S2. The molecule has 0 radical (unpaired) electrons. The Morgan fingerprint density at radius 1 is 1.47 bits per heavy atom. The molecule has 5 heteroatoms. The van der Waals surface area contributed by atoms with Crippen LogP contribution in [0.3, 0.4) is 0 Å². The fourth-order valence-corrected chi connectivity index (χ4v) is 3.44. The summed E-state index contributed by atoms with van der Waals surface area (Å²) >= 11 is 3.42. The second-order valence-electron chi connectivity index (χ2n) is 3.67. The molecule has 0 unspecified atom stereocenters. The van der Waals surface area contributed by atoms with Crippen LogP contribution in [0.2, 0.25) is 0 Å². The Hall–Kier alpha value is -0.680. The number of aliphatic imine (C=N–C) groups is 1. The lowest BCUT2D eigenvalue weighted by molar-refractivity contribution is 0.831. The number of nitrogens with one attached hydrogen (secondary N) is 2. The summed E-state index contributed by atoms with van der Waals surface area (Å²) in [4.78, 5) is 5.77. The molecule has 2 N–H and O–H groups in total. The van der Waals surface area contributed by atoms with Crippen molar-refractivity contribution in [3.8, 4) is 0 Å². The monoisotopic (exact) mass is 241 g/mol. The number of aryl methyl sites for hydroxylation is 1. The van der Waals surface area contributed by atoms with Gasteiger partial charge in [-0.3, -0.25) is 4.72 Å². The third-order valence-electron chi connectivity index (χ3n) is 2.07. The number of anilines is 1. The molecule has 0 aromatic carbocycles. The second kappa shape index (κ2) is 4.45.